The molecule has 0 bridgehead atoms. The highest BCUT2D eigenvalue weighted by Gasteiger charge is 2.18. The van der Waals surface area contributed by atoms with Crippen molar-refractivity contribution in [2.24, 2.45) is 0 Å². The van der Waals surface area contributed by atoms with Gasteiger partial charge in [-0.1, -0.05) is 39.7 Å². The van der Waals surface area contributed by atoms with Crippen LogP contribution in [0.2, 0.25) is 5.02 Å². The monoisotopic (exact) mass is 434 g/mol. The number of nitrogens with zero attached hydrogens (tertiary/aromatic N) is 3. The first kappa shape index (κ1) is 18.6. The lowest BCUT2D eigenvalue weighted by Gasteiger charge is -2.06. The highest BCUT2D eigenvalue weighted by atomic mass is 79.9. The summed E-state index contributed by atoms with van der Waals surface area (Å²) in [6.07, 6.45) is 0. The molecule has 26 heavy (non-hydrogen) atoms. The number of ether oxygens (including phenoxy) is 1. The third kappa shape index (κ3) is 4.30. The van der Waals surface area contributed by atoms with E-state index in [0.29, 0.717) is 24.0 Å². The molecule has 134 valence electrons. The van der Waals surface area contributed by atoms with Gasteiger partial charge < -0.3 is 10.1 Å². The van der Waals surface area contributed by atoms with Gasteiger partial charge in [-0.3, -0.25) is 4.79 Å². The van der Waals surface area contributed by atoms with Crippen molar-refractivity contribution < 1.29 is 9.53 Å². The number of carbonyl (C=O) groups is 1. The smallest absolute Gasteiger partial charge is 0.291 e. The molecule has 3 rings (SSSR count). The molecule has 1 aromatic heterocycles. The molecule has 0 atom stereocenters. The van der Waals surface area contributed by atoms with Crippen molar-refractivity contribution in [1.82, 2.24) is 20.1 Å². The fourth-order valence-electron chi connectivity index (χ4n) is 2.33. The maximum Gasteiger partial charge on any atom is 0.291 e. The zero-order valence-electron chi connectivity index (χ0n) is 13.9. The third-order valence-corrected chi connectivity index (χ3v) is 4.32. The lowest BCUT2D eigenvalue weighted by Crippen LogP contribution is -2.28. The van der Waals surface area contributed by atoms with E-state index in [1.54, 1.807) is 23.9 Å². The van der Waals surface area contributed by atoms with Gasteiger partial charge in [0.15, 0.2) is 5.82 Å². The van der Waals surface area contributed by atoms with Crippen molar-refractivity contribution >= 4 is 33.4 Å². The molecule has 0 aliphatic rings. The minimum absolute atomic E-state index is 0.0824. The molecule has 0 aliphatic carbocycles. The van der Waals surface area contributed by atoms with Crippen LogP contribution in [-0.4, -0.2) is 40.9 Å². The number of carbonyl (C=O) groups excluding carboxylic acids is 1. The quantitative estimate of drug-likeness (QED) is 0.599. The Hall–Kier alpha value is -2.22. The molecular formula is C18H16BrClN4O2. The van der Waals surface area contributed by atoms with Crippen LogP contribution in [0.3, 0.4) is 0 Å². The van der Waals surface area contributed by atoms with Gasteiger partial charge in [-0.05, 0) is 36.4 Å². The Morgan fingerprint density at radius 2 is 2.04 bits per heavy atom. The number of benzene rings is 2. The first-order valence-electron chi connectivity index (χ1n) is 7.84. The maximum atomic E-state index is 12.3. The molecule has 8 heteroatoms. The number of hydrogen-bond donors (Lipinski definition) is 1. The molecule has 2 aromatic carbocycles. The predicted molar refractivity (Wildman–Crippen MR) is 104 cm³/mol. The van der Waals surface area contributed by atoms with E-state index in [1.165, 1.54) is 0 Å². The van der Waals surface area contributed by atoms with Gasteiger partial charge in [-0.25, -0.2) is 9.67 Å². The summed E-state index contributed by atoms with van der Waals surface area (Å²) in [6.45, 7) is 0.801. The standard InChI is InChI=1S/C18H16BrClN4O2/c1-26-10-9-21-18(25)16-22-17(12-3-2-4-14(20)11-12)24(23-16)15-7-5-13(19)6-8-15/h2-8,11H,9-10H2,1H3,(H,21,25). The Bertz CT molecular complexity index is 912. The molecule has 0 unspecified atom stereocenters. The van der Waals surface area contributed by atoms with Crippen molar-refractivity contribution in [3.63, 3.8) is 0 Å². The third-order valence-electron chi connectivity index (χ3n) is 3.56. The summed E-state index contributed by atoms with van der Waals surface area (Å²) < 4.78 is 7.52. The zero-order valence-corrected chi connectivity index (χ0v) is 16.3. The molecule has 0 saturated carbocycles. The minimum atomic E-state index is -0.360. The van der Waals surface area contributed by atoms with Gasteiger partial charge in [-0.15, -0.1) is 5.10 Å². The Labute approximate surface area is 164 Å². The van der Waals surface area contributed by atoms with E-state index in [1.807, 2.05) is 36.4 Å². The van der Waals surface area contributed by atoms with E-state index >= 15 is 0 Å². The van der Waals surface area contributed by atoms with Gasteiger partial charge in [0.1, 0.15) is 0 Å². The average molecular weight is 436 g/mol. The van der Waals surface area contributed by atoms with Crippen LogP contribution in [0.25, 0.3) is 17.1 Å². The Balaban J connectivity index is 2.03. The van der Waals surface area contributed by atoms with Crippen molar-refractivity contribution in [1.29, 1.82) is 0 Å². The summed E-state index contributed by atoms with van der Waals surface area (Å²) in [4.78, 5) is 16.8. The minimum Gasteiger partial charge on any atom is -0.383 e. The van der Waals surface area contributed by atoms with E-state index in [2.05, 4.69) is 31.3 Å². The second-order valence-electron chi connectivity index (χ2n) is 5.41. The predicted octanol–water partition coefficient (Wildman–Crippen LogP) is 3.73. The van der Waals surface area contributed by atoms with Gasteiger partial charge in [0.25, 0.3) is 5.91 Å². The molecule has 1 amide bonds. The van der Waals surface area contributed by atoms with E-state index in [9.17, 15) is 4.79 Å². The van der Waals surface area contributed by atoms with Crippen molar-refractivity contribution in [2.75, 3.05) is 20.3 Å². The number of rotatable bonds is 6. The lowest BCUT2D eigenvalue weighted by molar-refractivity contribution is 0.0927. The van der Waals surface area contributed by atoms with E-state index in [4.69, 9.17) is 16.3 Å². The van der Waals surface area contributed by atoms with Crippen LogP contribution in [0.5, 0.6) is 0 Å². The van der Waals surface area contributed by atoms with Crippen molar-refractivity contribution in [2.45, 2.75) is 0 Å². The fourth-order valence-corrected chi connectivity index (χ4v) is 2.79. The molecule has 0 aliphatic heterocycles. The summed E-state index contributed by atoms with van der Waals surface area (Å²) >= 11 is 9.53. The van der Waals surface area contributed by atoms with Crippen LogP contribution in [-0.2, 0) is 4.74 Å². The molecular weight excluding hydrogens is 420 g/mol. The second kappa shape index (κ2) is 8.44. The number of methoxy groups -OCH3 is 1. The van der Waals surface area contributed by atoms with Gasteiger partial charge >= 0.3 is 0 Å². The summed E-state index contributed by atoms with van der Waals surface area (Å²) in [5.41, 5.74) is 1.55. The highest BCUT2D eigenvalue weighted by molar-refractivity contribution is 9.10. The first-order valence-corrected chi connectivity index (χ1v) is 9.01. The number of aromatic nitrogens is 3. The van der Waals surface area contributed by atoms with Crippen molar-refractivity contribution in [3.05, 3.63) is 63.9 Å². The second-order valence-corrected chi connectivity index (χ2v) is 6.76. The molecule has 0 spiro atoms. The van der Waals surface area contributed by atoms with Gasteiger partial charge in [0, 0.05) is 28.7 Å². The zero-order chi connectivity index (χ0) is 18.5. The van der Waals surface area contributed by atoms with Gasteiger partial charge in [-0.2, -0.15) is 0 Å². The largest absolute Gasteiger partial charge is 0.383 e. The summed E-state index contributed by atoms with van der Waals surface area (Å²) in [6, 6.07) is 14.8. The lowest BCUT2D eigenvalue weighted by atomic mass is 10.2. The maximum absolute atomic E-state index is 12.3. The fraction of sp³-hybridized carbons (Fsp3) is 0.167. The van der Waals surface area contributed by atoms with Crippen LogP contribution in [0, 0.1) is 0 Å². The van der Waals surface area contributed by atoms with Crippen molar-refractivity contribution in [3.8, 4) is 17.1 Å². The van der Waals surface area contributed by atoms with Gasteiger partial charge in [0.05, 0.1) is 12.3 Å². The van der Waals surface area contributed by atoms with E-state index in [-0.39, 0.29) is 11.7 Å². The van der Waals surface area contributed by atoms with Gasteiger partial charge in [0.2, 0.25) is 5.82 Å². The SMILES string of the molecule is COCCNC(=O)c1nc(-c2cccc(Cl)c2)n(-c2ccc(Br)cc2)n1. The number of nitrogens with one attached hydrogen (secondary N) is 1. The Morgan fingerprint density at radius 1 is 1.27 bits per heavy atom. The Kier molecular flexibility index (Phi) is 6.03. The Morgan fingerprint density at radius 3 is 2.73 bits per heavy atom. The molecule has 1 N–H and O–H groups in total. The number of halogens is 2. The number of hydrogen-bond acceptors (Lipinski definition) is 4. The van der Waals surface area contributed by atoms with Crippen LogP contribution in [0.15, 0.2) is 53.0 Å². The average Bonchev–Trinajstić information content (AvgIpc) is 3.08. The molecule has 0 radical (unpaired) electrons. The highest BCUT2D eigenvalue weighted by Crippen LogP contribution is 2.24. The van der Waals surface area contributed by atoms with E-state index < -0.39 is 0 Å². The molecule has 1 heterocycles. The summed E-state index contributed by atoms with van der Waals surface area (Å²) in [5, 5.41) is 7.70. The topological polar surface area (TPSA) is 69.0 Å². The van der Waals surface area contributed by atoms with Crippen LogP contribution in [0.1, 0.15) is 10.6 Å². The molecule has 0 fully saturated rings. The van der Waals surface area contributed by atoms with Crippen LogP contribution >= 0.6 is 27.5 Å². The first-order chi connectivity index (χ1) is 12.6. The summed E-state index contributed by atoms with van der Waals surface area (Å²) in [7, 11) is 1.57. The summed E-state index contributed by atoms with van der Waals surface area (Å²) in [5.74, 6) is 0.256. The van der Waals surface area contributed by atoms with Crippen LogP contribution in [0.4, 0.5) is 0 Å². The molecule has 6 nitrogen and oxygen atoms in total. The number of amides is 1. The normalized spacial score (nSPS) is 10.7. The van der Waals surface area contributed by atoms with Crippen LogP contribution < -0.4 is 5.32 Å². The molecule has 0 saturated heterocycles. The van der Waals surface area contributed by atoms with E-state index in [0.717, 1.165) is 15.7 Å². The molecule has 3 aromatic rings.